The van der Waals surface area contributed by atoms with Crippen LogP contribution in [0.5, 0.6) is 0 Å². The molecule has 0 bridgehead atoms. The normalized spacial score (nSPS) is 19.3. The average molecular weight is 382 g/mol. The monoisotopic (exact) mass is 382 g/mol. The number of carbonyl (C=O) groups excluding carboxylic acids is 3. The van der Waals surface area contributed by atoms with E-state index in [-0.39, 0.29) is 29.8 Å². The highest BCUT2D eigenvalue weighted by Crippen LogP contribution is 2.35. The second-order valence-corrected chi connectivity index (χ2v) is 7.51. The van der Waals surface area contributed by atoms with Gasteiger partial charge in [-0.2, -0.15) is 0 Å². The Kier molecular flexibility index (Phi) is 4.62. The quantitative estimate of drug-likeness (QED) is 0.702. The number of nitrogens with zero attached hydrogens (tertiary/aromatic N) is 1. The largest absolute Gasteiger partial charge is 0.448 e. The van der Waals surface area contributed by atoms with Gasteiger partial charge in [-0.05, 0) is 30.9 Å². The van der Waals surface area contributed by atoms with Crippen LogP contribution in [-0.4, -0.2) is 34.8 Å². The molecule has 1 aromatic carbocycles. The average Bonchev–Trinajstić information content (AvgIpc) is 3.29. The lowest BCUT2D eigenvalue weighted by atomic mass is 9.90. The van der Waals surface area contributed by atoms with Crippen molar-refractivity contribution in [3.8, 4) is 0 Å². The van der Waals surface area contributed by atoms with Crippen LogP contribution in [0.25, 0.3) is 0 Å². The lowest BCUT2D eigenvalue weighted by Gasteiger charge is -2.25. The Labute approximate surface area is 162 Å². The van der Waals surface area contributed by atoms with Gasteiger partial charge in [-0.15, -0.1) is 0 Å². The van der Waals surface area contributed by atoms with Crippen molar-refractivity contribution in [2.24, 2.45) is 5.92 Å². The fourth-order valence-corrected chi connectivity index (χ4v) is 3.45. The lowest BCUT2D eigenvalue weighted by Crippen LogP contribution is -2.47. The molecule has 1 atom stereocenters. The van der Waals surface area contributed by atoms with Crippen LogP contribution in [0.4, 0.5) is 5.69 Å². The molecular formula is C20H22N4O4. The van der Waals surface area contributed by atoms with Gasteiger partial charge in [-0.25, -0.2) is 4.98 Å². The van der Waals surface area contributed by atoms with Crippen LogP contribution in [0.15, 0.2) is 34.9 Å². The van der Waals surface area contributed by atoms with Crippen molar-refractivity contribution >= 4 is 23.4 Å². The maximum absolute atomic E-state index is 12.5. The van der Waals surface area contributed by atoms with Crippen molar-refractivity contribution in [1.29, 1.82) is 0 Å². The van der Waals surface area contributed by atoms with E-state index in [1.807, 2.05) is 24.3 Å². The van der Waals surface area contributed by atoms with Crippen LogP contribution < -0.4 is 16.0 Å². The zero-order valence-electron chi connectivity index (χ0n) is 15.6. The van der Waals surface area contributed by atoms with Crippen molar-refractivity contribution in [3.05, 3.63) is 47.7 Å². The number of oxazole rings is 1. The van der Waals surface area contributed by atoms with Crippen molar-refractivity contribution in [3.63, 3.8) is 0 Å². The van der Waals surface area contributed by atoms with Crippen LogP contribution in [0.2, 0.25) is 0 Å². The van der Waals surface area contributed by atoms with E-state index < -0.39 is 11.5 Å². The van der Waals surface area contributed by atoms with Crippen LogP contribution in [0.3, 0.4) is 0 Å². The molecule has 1 unspecified atom stereocenters. The van der Waals surface area contributed by atoms with E-state index >= 15 is 0 Å². The maximum atomic E-state index is 12.5. The summed E-state index contributed by atoms with van der Waals surface area (Å²) in [7, 11) is 0. The molecule has 2 aliphatic rings. The molecule has 0 saturated heterocycles. The number of benzene rings is 1. The third-order valence-corrected chi connectivity index (χ3v) is 5.24. The molecule has 1 aliphatic heterocycles. The second-order valence-electron chi connectivity index (χ2n) is 7.51. The van der Waals surface area contributed by atoms with Crippen molar-refractivity contribution < 1.29 is 18.8 Å². The highest BCUT2D eigenvalue weighted by molar-refractivity contribution is 5.98. The van der Waals surface area contributed by atoms with Crippen molar-refractivity contribution in [2.45, 2.75) is 38.1 Å². The number of amides is 3. The second kappa shape index (κ2) is 7.10. The first-order chi connectivity index (χ1) is 13.4. The number of nitrogens with one attached hydrogen (secondary N) is 3. The van der Waals surface area contributed by atoms with Gasteiger partial charge in [0.25, 0.3) is 5.91 Å². The molecule has 2 heterocycles. The fourth-order valence-electron chi connectivity index (χ4n) is 3.45. The minimum atomic E-state index is -0.436. The van der Waals surface area contributed by atoms with Gasteiger partial charge in [0.2, 0.25) is 11.8 Å². The van der Waals surface area contributed by atoms with E-state index in [0.29, 0.717) is 18.9 Å². The molecule has 28 heavy (non-hydrogen) atoms. The minimum Gasteiger partial charge on any atom is -0.448 e. The van der Waals surface area contributed by atoms with Gasteiger partial charge >= 0.3 is 0 Å². The van der Waals surface area contributed by atoms with E-state index in [1.165, 1.54) is 6.26 Å². The first kappa shape index (κ1) is 18.2. The summed E-state index contributed by atoms with van der Waals surface area (Å²) in [6, 6.07) is 7.62. The molecule has 3 amide bonds. The predicted octanol–water partition coefficient (Wildman–Crippen LogP) is 1.56. The summed E-state index contributed by atoms with van der Waals surface area (Å²) < 4.78 is 5.04. The smallest absolute Gasteiger partial charge is 0.273 e. The summed E-state index contributed by atoms with van der Waals surface area (Å²) in [5, 5.41) is 8.65. The molecule has 4 rings (SSSR count). The molecule has 8 nitrogen and oxygen atoms in total. The van der Waals surface area contributed by atoms with Crippen LogP contribution in [-0.2, 0) is 16.0 Å². The first-order valence-corrected chi connectivity index (χ1v) is 9.34. The summed E-state index contributed by atoms with van der Waals surface area (Å²) in [4.78, 5) is 40.9. The van der Waals surface area contributed by atoms with Gasteiger partial charge in [0.05, 0.1) is 11.5 Å². The fraction of sp³-hybridized carbons (Fsp3) is 0.400. The summed E-state index contributed by atoms with van der Waals surface area (Å²) >= 11 is 0. The molecule has 1 saturated carbocycles. The standard InChI is InChI=1S/C20H22N4O4/c1-12-22-16(10-28-12)19(27)21-11-20(6-7-20)24-17(25)9-14-8-13-4-2-3-5-15(13)23-18(14)26/h2-5,10,14H,6-9,11H2,1H3,(H,21,27)(H,23,26)(H,24,25). The zero-order chi connectivity index (χ0) is 19.7. The summed E-state index contributed by atoms with van der Waals surface area (Å²) in [5.74, 6) is -0.608. The molecule has 8 heteroatoms. The number of carbonyl (C=O) groups is 3. The predicted molar refractivity (Wildman–Crippen MR) is 101 cm³/mol. The Bertz CT molecular complexity index is 932. The molecular weight excluding hydrogens is 360 g/mol. The molecule has 0 spiro atoms. The molecule has 2 aromatic rings. The molecule has 1 aliphatic carbocycles. The Morgan fingerprint density at radius 1 is 1.32 bits per heavy atom. The summed E-state index contributed by atoms with van der Waals surface area (Å²) in [5.41, 5.74) is 1.64. The maximum Gasteiger partial charge on any atom is 0.273 e. The zero-order valence-corrected chi connectivity index (χ0v) is 15.6. The van der Waals surface area contributed by atoms with E-state index in [2.05, 4.69) is 20.9 Å². The molecule has 3 N–H and O–H groups in total. The van der Waals surface area contributed by atoms with E-state index in [1.54, 1.807) is 6.92 Å². The van der Waals surface area contributed by atoms with Gasteiger partial charge in [0.1, 0.15) is 6.26 Å². The summed E-state index contributed by atoms with van der Waals surface area (Å²) in [6.07, 6.45) is 3.55. The topological polar surface area (TPSA) is 113 Å². The van der Waals surface area contributed by atoms with Crippen molar-refractivity contribution in [2.75, 3.05) is 11.9 Å². The van der Waals surface area contributed by atoms with Gasteiger partial charge in [-0.1, -0.05) is 18.2 Å². The Balaban J connectivity index is 1.30. The molecule has 1 fully saturated rings. The third kappa shape index (κ3) is 3.90. The van der Waals surface area contributed by atoms with Gasteiger partial charge in [0, 0.05) is 25.6 Å². The third-order valence-electron chi connectivity index (χ3n) is 5.24. The van der Waals surface area contributed by atoms with Crippen molar-refractivity contribution in [1.82, 2.24) is 15.6 Å². The van der Waals surface area contributed by atoms with Crippen LogP contribution in [0.1, 0.15) is 41.2 Å². The Morgan fingerprint density at radius 2 is 2.11 bits per heavy atom. The number of aryl methyl sites for hydroxylation is 1. The Hall–Kier alpha value is -3.16. The first-order valence-electron chi connectivity index (χ1n) is 9.34. The van der Waals surface area contributed by atoms with E-state index in [0.717, 1.165) is 24.1 Å². The molecule has 146 valence electrons. The molecule has 1 aromatic heterocycles. The van der Waals surface area contributed by atoms with E-state index in [4.69, 9.17) is 4.42 Å². The van der Waals surface area contributed by atoms with Gasteiger partial charge < -0.3 is 20.4 Å². The summed E-state index contributed by atoms with van der Waals surface area (Å²) in [6.45, 7) is 1.99. The highest BCUT2D eigenvalue weighted by Gasteiger charge is 2.44. The minimum absolute atomic E-state index is 0.123. The van der Waals surface area contributed by atoms with Crippen LogP contribution in [0, 0.1) is 12.8 Å². The SMILES string of the molecule is Cc1nc(C(=O)NCC2(NC(=O)CC3Cc4ccccc4NC3=O)CC2)co1. The van der Waals surface area contributed by atoms with E-state index in [9.17, 15) is 14.4 Å². The van der Waals surface area contributed by atoms with Gasteiger partial charge in [-0.3, -0.25) is 14.4 Å². The number of fused-ring (bicyclic) bond motifs is 1. The number of anilines is 1. The van der Waals surface area contributed by atoms with Gasteiger partial charge in [0.15, 0.2) is 11.6 Å². The Morgan fingerprint density at radius 3 is 2.82 bits per heavy atom. The number of hydrogen-bond acceptors (Lipinski definition) is 5. The number of hydrogen-bond donors (Lipinski definition) is 3. The number of rotatable bonds is 6. The highest BCUT2D eigenvalue weighted by atomic mass is 16.3. The number of aromatic nitrogens is 1. The lowest BCUT2D eigenvalue weighted by molar-refractivity contribution is -0.128. The molecule has 0 radical (unpaired) electrons. The van der Waals surface area contributed by atoms with Crippen LogP contribution >= 0.6 is 0 Å². The number of para-hydroxylation sites is 1.